The summed E-state index contributed by atoms with van der Waals surface area (Å²) in [5.41, 5.74) is 0.631. The van der Waals surface area contributed by atoms with Gasteiger partial charge in [-0.05, 0) is 18.2 Å². The van der Waals surface area contributed by atoms with Crippen molar-refractivity contribution in [1.82, 2.24) is 4.98 Å². The molecule has 0 radical (unpaired) electrons. The van der Waals surface area contributed by atoms with E-state index in [4.69, 9.17) is 21.4 Å². The van der Waals surface area contributed by atoms with Gasteiger partial charge in [0.15, 0.2) is 0 Å². The average Bonchev–Trinajstić information content (AvgIpc) is 2.38. The summed E-state index contributed by atoms with van der Waals surface area (Å²) in [6.45, 7) is 0.101. The smallest absolute Gasteiger partial charge is 0.337 e. The molecule has 0 saturated carbocycles. The minimum Gasteiger partial charge on any atom is -0.487 e. The second kappa shape index (κ2) is 5.67. The third kappa shape index (κ3) is 3.42. The highest BCUT2D eigenvalue weighted by Gasteiger charge is 2.06. The maximum absolute atomic E-state index is 12.9. The number of carboxylic acid groups (broad SMARTS) is 1. The number of ether oxygens (including phenoxy) is 1. The molecule has 19 heavy (non-hydrogen) atoms. The van der Waals surface area contributed by atoms with Crippen LogP contribution in [0.5, 0.6) is 5.75 Å². The number of rotatable bonds is 4. The summed E-state index contributed by atoms with van der Waals surface area (Å²) in [6, 6.07) is 5.32. The maximum atomic E-state index is 12.9. The molecule has 1 N–H and O–H groups in total. The summed E-state index contributed by atoms with van der Waals surface area (Å²) in [5.74, 6) is -1.21. The van der Waals surface area contributed by atoms with Gasteiger partial charge < -0.3 is 9.84 Å². The quantitative estimate of drug-likeness (QED) is 0.935. The lowest BCUT2D eigenvalue weighted by atomic mass is 10.2. The van der Waals surface area contributed by atoms with Gasteiger partial charge in [-0.1, -0.05) is 17.7 Å². The van der Waals surface area contributed by atoms with Gasteiger partial charge >= 0.3 is 5.97 Å². The highest BCUT2D eigenvalue weighted by atomic mass is 35.5. The van der Waals surface area contributed by atoms with Gasteiger partial charge in [0.1, 0.15) is 18.2 Å². The zero-order chi connectivity index (χ0) is 13.8. The molecule has 0 amide bonds. The molecule has 4 nitrogen and oxygen atoms in total. The lowest BCUT2D eigenvalue weighted by molar-refractivity contribution is 0.0696. The Balaban J connectivity index is 2.10. The van der Waals surface area contributed by atoms with E-state index in [-0.39, 0.29) is 17.2 Å². The Hall–Kier alpha value is -2.14. The van der Waals surface area contributed by atoms with Crippen LogP contribution in [0, 0.1) is 5.82 Å². The first-order valence-electron chi connectivity index (χ1n) is 5.31. The Labute approximate surface area is 113 Å². The minimum absolute atomic E-state index is 0.0303. The second-order valence-corrected chi connectivity index (χ2v) is 4.15. The Morgan fingerprint density at radius 3 is 2.84 bits per heavy atom. The van der Waals surface area contributed by atoms with Crippen molar-refractivity contribution in [3.05, 3.63) is 58.6 Å². The van der Waals surface area contributed by atoms with Gasteiger partial charge in [-0.3, -0.25) is 4.98 Å². The fourth-order valence-corrected chi connectivity index (χ4v) is 1.64. The first kappa shape index (κ1) is 13.3. The van der Waals surface area contributed by atoms with Gasteiger partial charge in [0.05, 0.1) is 16.8 Å². The van der Waals surface area contributed by atoms with Crippen LogP contribution in [0.15, 0.2) is 36.7 Å². The topological polar surface area (TPSA) is 59.4 Å². The van der Waals surface area contributed by atoms with E-state index in [1.165, 1.54) is 36.7 Å². The van der Waals surface area contributed by atoms with Crippen LogP contribution in [-0.2, 0) is 6.61 Å². The van der Waals surface area contributed by atoms with E-state index in [0.29, 0.717) is 11.3 Å². The number of carbonyl (C=O) groups is 1. The normalized spacial score (nSPS) is 10.2. The highest BCUT2D eigenvalue weighted by Crippen LogP contribution is 2.20. The van der Waals surface area contributed by atoms with Crippen molar-refractivity contribution >= 4 is 17.6 Å². The number of aromatic nitrogens is 1. The molecule has 0 atom stereocenters. The zero-order valence-corrected chi connectivity index (χ0v) is 10.4. The zero-order valence-electron chi connectivity index (χ0n) is 9.64. The van der Waals surface area contributed by atoms with Gasteiger partial charge in [-0.25, -0.2) is 9.18 Å². The van der Waals surface area contributed by atoms with E-state index >= 15 is 0 Å². The molecule has 0 saturated heterocycles. The number of aromatic carboxylic acids is 1. The molecular formula is C13H9ClFNO3. The van der Waals surface area contributed by atoms with E-state index < -0.39 is 11.8 Å². The van der Waals surface area contributed by atoms with Crippen LogP contribution in [0.1, 0.15) is 15.9 Å². The van der Waals surface area contributed by atoms with Crippen LogP contribution < -0.4 is 4.74 Å². The maximum Gasteiger partial charge on any atom is 0.337 e. The molecule has 0 spiro atoms. The molecule has 0 unspecified atom stereocenters. The van der Waals surface area contributed by atoms with Crippen LogP contribution in [0.4, 0.5) is 4.39 Å². The first-order chi connectivity index (χ1) is 9.06. The Morgan fingerprint density at radius 2 is 2.16 bits per heavy atom. The van der Waals surface area contributed by atoms with Gasteiger partial charge in [0.25, 0.3) is 0 Å². The molecule has 0 bridgehead atoms. The number of carboxylic acids is 1. The number of nitrogens with zero attached hydrogens (tertiary/aromatic N) is 1. The highest BCUT2D eigenvalue weighted by molar-refractivity contribution is 6.31. The first-order valence-corrected chi connectivity index (χ1v) is 5.69. The molecule has 6 heteroatoms. The lowest BCUT2D eigenvalue weighted by Gasteiger charge is -2.08. The summed E-state index contributed by atoms with van der Waals surface area (Å²) < 4.78 is 18.2. The van der Waals surface area contributed by atoms with Crippen LogP contribution in [0.2, 0.25) is 5.02 Å². The molecule has 2 rings (SSSR count). The minimum atomic E-state index is -1.09. The van der Waals surface area contributed by atoms with Gasteiger partial charge in [-0.2, -0.15) is 0 Å². The van der Waals surface area contributed by atoms with Crippen molar-refractivity contribution in [3.8, 4) is 5.75 Å². The Morgan fingerprint density at radius 1 is 1.37 bits per heavy atom. The second-order valence-electron chi connectivity index (χ2n) is 3.74. The molecule has 98 valence electrons. The number of hydrogen-bond donors (Lipinski definition) is 1. The Bertz CT molecular complexity index is 619. The fraction of sp³-hybridized carbons (Fsp3) is 0.0769. The van der Waals surface area contributed by atoms with Crippen molar-refractivity contribution in [3.63, 3.8) is 0 Å². The lowest BCUT2D eigenvalue weighted by Crippen LogP contribution is -2.01. The summed E-state index contributed by atoms with van der Waals surface area (Å²) in [5, 5.41) is 9.06. The molecule has 0 aliphatic carbocycles. The van der Waals surface area contributed by atoms with Crippen LogP contribution in [0.3, 0.4) is 0 Å². The standard InChI is InChI=1S/C13H9ClFNO3/c14-12-4-10(15)2-1-8(12)7-19-11-3-9(13(17)18)5-16-6-11/h1-6H,7H2,(H,17,18). The van der Waals surface area contributed by atoms with E-state index in [1.807, 2.05) is 0 Å². The molecule has 1 heterocycles. The molecule has 0 aliphatic rings. The number of hydrogen-bond acceptors (Lipinski definition) is 3. The van der Waals surface area contributed by atoms with Crippen LogP contribution in [0.25, 0.3) is 0 Å². The van der Waals surface area contributed by atoms with E-state index in [9.17, 15) is 9.18 Å². The summed E-state index contributed by atoms with van der Waals surface area (Å²) in [7, 11) is 0. The number of halogens is 2. The molecule has 1 aromatic carbocycles. The summed E-state index contributed by atoms with van der Waals surface area (Å²) in [6.07, 6.45) is 2.62. The monoisotopic (exact) mass is 281 g/mol. The molecular weight excluding hydrogens is 273 g/mol. The van der Waals surface area contributed by atoms with Crippen molar-refractivity contribution in [2.24, 2.45) is 0 Å². The average molecular weight is 282 g/mol. The summed E-state index contributed by atoms with van der Waals surface area (Å²) >= 11 is 5.85. The van der Waals surface area contributed by atoms with E-state index in [0.717, 1.165) is 0 Å². The van der Waals surface area contributed by atoms with Crippen molar-refractivity contribution < 1.29 is 19.0 Å². The van der Waals surface area contributed by atoms with Crippen molar-refractivity contribution in [2.75, 3.05) is 0 Å². The number of pyridine rings is 1. The molecule has 1 aromatic heterocycles. The predicted octanol–water partition coefficient (Wildman–Crippen LogP) is 3.15. The van der Waals surface area contributed by atoms with Crippen LogP contribution >= 0.6 is 11.6 Å². The van der Waals surface area contributed by atoms with Gasteiger partial charge in [0, 0.05) is 11.8 Å². The third-order valence-corrected chi connectivity index (χ3v) is 2.72. The summed E-state index contributed by atoms with van der Waals surface area (Å²) in [4.78, 5) is 14.5. The van der Waals surface area contributed by atoms with E-state index in [1.54, 1.807) is 0 Å². The molecule has 0 fully saturated rings. The van der Waals surface area contributed by atoms with Gasteiger partial charge in [-0.15, -0.1) is 0 Å². The largest absolute Gasteiger partial charge is 0.487 e. The predicted molar refractivity (Wildman–Crippen MR) is 66.9 cm³/mol. The molecule has 0 aliphatic heterocycles. The van der Waals surface area contributed by atoms with Crippen molar-refractivity contribution in [2.45, 2.75) is 6.61 Å². The number of benzene rings is 1. The fourth-order valence-electron chi connectivity index (χ4n) is 1.41. The SMILES string of the molecule is O=C(O)c1cncc(OCc2ccc(F)cc2Cl)c1. The van der Waals surface area contributed by atoms with Crippen LogP contribution in [-0.4, -0.2) is 16.1 Å². The van der Waals surface area contributed by atoms with E-state index in [2.05, 4.69) is 4.98 Å². The molecule has 2 aromatic rings. The third-order valence-electron chi connectivity index (χ3n) is 2.37. The van der Waals surface area contributed by atoms with Gasteiger partial charge in [0.2, 0.25) is 0 Å². The van der Waals surface area contributed by atoms with Crippen molar-refractivity contribution in [1.29, 1.82) is 0 Å². The Kier molecular flexibility index (Phi) is 3.97.